The number of ketones is 1. The average molecular weight is 269 g/mol. The summed E-state index contributed by atoms with van der Waals surface area (Å²) in [4.78, 5) is 10.8. The van der Waals surface area contributed by atoms with Crippen molar-refractivity contribution in [2.45, 2.75) is 63.8 Å². The lowest BCUT2D eigenvalue weighted by Gasteiger charge is -2.27. The van der Waals surface area contributed by atoms with Crippen LogP contribution in [0.4, 0.5) is 0 Å². The molecule has 0 aromatic carbocycles. The Morgan fingerprint density at radius 3 is 2.11 bits per heavy atom. The zero-order valence-electron chi connectivity index (χ0n) is 12.5. The predicted octanol–water partition coefficient (Wildman–Crippen LogP) is 1.59. The van der Waals surface area contributed by atoms with E-state index in [2.05, 4.69) is 10.6 Å². The number of carbonyl (C=O) groups is 1. The molecule has 0 atom stereocenters. The summed E-state index contributed by atoms with van der Waals surface area (Å²) in [7, 11) is 0. The molecule has 0 unspecified atom stereocenters. The lowest BCUT2D eigenvalue weighted by Crippen LogP contribution is -2.52. The van der Waals surface area contributed by atoms with Crippen LogP contribution < -0.4 is 16.4 Å². The Kier molecular flexibility index (Phi) is 8.26. The first kappa shape index (κ1) is 16.6. The van der Waals surface area contributed by atoms with E-state index in [0.29, 0.717) is 5.78 Å². The molecule has 0 aliphatic carbocycles. The average Bonchev–Trinajstić information content (AvgIpc) is 2.57. The fourth-order valence-electron chi connectivity index (χ4n) is 2.65. The van der Waals surface area contributed by atoms with Gasteiger partial charge in [-0.05, 0) is 19.8 Å². The highest BCUT2D eigenvalue weighted by molar-refractivity contribution is 5.75. The third-order valence-corrected chi connectivity index (χ3v) is 3.89. The van der Waals surface area contributed by atoms with Crippen molar-refractivity contribution in [3.8, 4) is 0 Å². The molecule has 4 N–H and O–H groups in total. The van der Waals surface area contributed by atoms with E-state index < -0.39 is 0 Å². The molecule has 0 bridgehead atoms. The van der Waals surface area contributed by atoms with Gasteiger partial charge in [0, 0.05) is 38.1 Å². The van der Waals surface area contributed by atoms with Crippen LogP contribution in [0.3, 0.4) is 0 Å². The van der Waals surface area contributed by atoms with Crippen LogP contribution in [-0.2, 0) is 4.79 Å². The van der Waals surface area contributed by atoms with Crippen molar-refractivity contribution in [1.29, 1.82) is 0 Å². The molecule has 1 heterocycles. The molecular weight excluding hydrogens is 238 g/mol. The highest BCUT2D eigenvalue weighted by Gasteiger charge is 2.25. The van der Waals surface area contributed by atoms with Gasteiger partial charge in [0.05, 0.1) is 0 Å². The van der Waals surface area contributed by atoms with Gasteiger partial charge >= 0.3 is 0 Å². The second kappa shape index (κ2) is 9.45. The molecule has 1 rings (SSSR count). The van der Waals surface area contributed by atoms with E-state index >= 15 is 0 Å². The molecule has 4 nitrogen and oxygen atoms in total. The zero-order chi connectivity index (χ0) is 14.0. The summed E-state index contributed by atoms with van der Waals surface area (Å²) in [5.41, 5.74) is 6.33. The van der Waals surface area contributed by atoms with Crippen molar-refractivity contribution in [2.24, 2.45) is 5.73 Å². The summed E-state index contributed by atoms with van der Waals surface area (Å²) < 4.78 is 0. The summed E-state index contributed by atoms with van der Waals surface area (Å²) in [5.74, 6) is 0.318. The van der Waals surface area contributed by atoms with Crippen molar-refractivity contribution in [1.82, 2.24) is 10.6 Å². The first-order valence-electron chi connectivity index (χ1n) is 7.82. The minimum atomic E-state index is -0.0644. The lowest BCUT2D eigenvalue weighted by atomic mass is 9.92. The summed E-state index contributed by atoms with van der Waals surface area (Å²) in [5, 5.41) is 6.80. The van der Waals surface area contributed by atoms with Gasteiger partial charge < -0.3 is 21.2 Å². The third-order valence-electron chi connectivity index (χ3n) is 3.89. The molecule has 0 aromatic rings. The largest absolute Gasteiger partial charge is 0.323 e. The summed E-state index contributed by atoms with van der Waals surface area (Å²) in [6.07, 6.45) is 9.10. The van der Waals surface area contributed by atoms with Crippen LogP contribution >= 0.6 is 0 Å². The fourth-order valence-corrected chi connectivity index (χ4v) is 2.65. The SMILES string of the molecule is CC(=O)CCCCCCCCC1(N)CNCCNC1. The first-order valence-corrected chi connectivity index (χ1v) is 7.82. The van der Waals surface area contributed by atoms with Crippen LogP contribution in [0.5, 0.6) is 0 Å². The fraction of sp³-hybridized carbons (Fsp3) is 0.933. The van der Waals surface area contributed by atoms with Crippen molar-refractivity contribution in [3.05, 3.63) is 0 Å². The minimum absolute atomic E-state index is 0.0644. The highest BCUT2D eigenvalue weighted by Crippen LogP contribution is 2.14. The van der Waals surface area contributed by atoms with Crippen LogP contribution in [0, 0.1) is 0 Å². The van der Waals surface area contributed by atoms with E-state index in [0.717, 1.165) is 45.4 Å². The highest BCUT2D eigenvalue weighted by atomic mass is 16.1. The van der Waals surface area contributed by atoms with E-state index in [1.165, 1.54) is 32.1 Å². The summed E-state index contributed by atoms with van der Waals surface area (Å²) >= 11 is 0. The number of carbonyl (C=O) groups excluding carboxylic acids is 1. The van der Waals surface area contributed by atoms with E-state index in [9.17, 15) is 4.79 Å². The molecule has 112 valence electrons. The van der Waals surface area contributed by atoms with Crippen LogP contribution in [0.2, 0.25) is 0 Å². The molecule has 0 saturated carbocycles. The lowest BCUT2D eigenvalue weighted by molar-refractivity contribution is -0.117. The maximum absolute atomic E-state index is 10.8. The van der Waals surface area contributed by atoms with E-state index in [1.807, 2.05) is 0 Å². The third kappa shape index (κ3) is 8.35. The standard InChI is InChI=1S/C15H31N3O/c1-14(19)8-6-4-2-3-5-7-9-15(16)12-17-10-11-18-13-15/h17-18H,2-13,16H2,1H3. The Balaban J connectivity index is 1.96. The maximum atomic E-state index is 10.8. The summed E-state index contributed by atoms with van der Waals surface area (Å²) in [6.45, 7) is 5.58. The maximum Gasteiger partial charge on any atom is 0.129 e. The Morgan fingerprint density at radius 1 is 1.00 bits per heavy atom. The summed E-state index contributed by atoms with van der Waals surface area (Å²) in [6, 6.07) is 0. The van der Waals surface area contributed by atoms with Gasteiger partial charge in [0.2, 0.25) is 0 Å². The molecule has 19 heavy (non-hydrogen) atoms. The van der Waals surface area contributed by atoms with Crippen molar-refractivity contribution >= 4 is 5.78 Å². The Hall–Kier alpha value is -0.450. The molecular formula is C15H31N3O. The molecule has 0 radical (unpaired) electrons. The Morgan fingerprint density at radius 2 is 1.53 bits per heavy atom. The molecule has 4 heteroatoms. The quantitative estimate of drug-likeness (QED) is 0.556. The smallest absolute Gasteiger partial charge is 0.129 e. The molecule has 1 fully saturated rings. The van der Waals surface area contributed by atoms with E-state index in [1.54, 1.807) is 6.92 Å². The van der Waals surface area contributed by atoms with Gasteiger partial charge in [-0.15, -0.1) is 0 Å². The van der Waals surface area contributed by atoms with Crippen molar-refractivity contribution in [2.75, 3.05) is 26.2 Å². The second-order valence-electron chi connectivity index (χ2n) is 6.04. The van der Waals surface area contributed by atoms with Gasteiger partial charge in [-0.1, -0.05) is 32.1 Å². The molecule has 0 amide bonds. The molecule has 0 aromatic heterocycles. The van der Waals surface area contributed by atoms with Crippen LogP contribution in [0.25, 0.3) is 0 Å². The first-order chi connectivity index (χ1) is 9.12. The second-order valence-corrected chi connectivity index (χ2v) is 6.04. The number of nitrogens with one attached hydrogen (secondary N) is 2. The van der Waals surface area contributed by atoms with E-state index in [4.69, 9.17) is 5.73 Å². The number of hydrogen-bond acceptors (Lipinski definition) is 4. The number of unbranched alkanes of at least 4 members (excludes halogenated alkanes) is 5. The normalized spacial score (nSPS) is 19.1. The van der Waals surface area contributed by atoms with Crippen molar-refractivity contribution < 1.29 is 4.79 Å². The number of Topliss-reactive ketones (excluding diaryl/α,β-unsaturated/α-hetero) is 1. The molecule has 1 saturated heterocycles. The van der Waals surface area contributed by atoms with Gasteiger partial charge in [0.25, 0.3) is 0 Å². The Labute approximate surface area is 117 Å². The van der Waals surface area contributed by atoms with Crippen molar-refractivity contribution in [3.63, 3.8) is 0 Å². The Bertz CT molecular complexity index is 248. The predicted molar refractivity (Wildman–Crippen MR) is 80.3 cm³/mol. The van der Waals surface area contributed by atoms with Gasteiger partial charge in [-0.2, -0.15) is 0 Å². The number of nitrogens with two attached hydrogens (primary N) is 1. The van der Waals surface area contributed by atoms with E-state index in [-0.39, 0.29) is 5.54 Å². The molecule has 1 aliphatic heterocycles. The van der Waals surface area contributed by atoms with Gasteiger partial charge in [0.1, 0.15) is 5.78 Å². The van der Waals surface area contributed by atoms with Crippen LogP contribution in [-0.4, -0.2) is 37.5 Å². The van der Waals surface area contributed by atoms with Crippen LogP contribution in [0.15, 0.2) is 0 Å². The van der Waals surface area contributed by atoms with Gasteiger partial charge in [0.15, 0.2) is 0 Å². The van der Waals surface area contributed by atoms with Crippen LogP contribution in [0.1, 0.15) is 58.3 Å². The molecule has 1 aliphatic rings. The topological polar surface area (TPSA) is 67.2 Å². The number of rotatable bonds is 9. The van der Waals surface area contributed by atoms with Gasteiger partial charge in [-0.3, -0.25) is 0 Å². The van der Waals surface area contributed by atoms with Gasteiger partial charge in [-0.25, -0.2) is 0 Å². The molecule has 0 spiro atoms. The minimum Gasteiger partial charge on any atom is -0.323 e. The number of hydrogen-bond donors (Lipinski definition) is 3. The monoisotopic (exact) mass is 269 g/mol. The zero-order valence-corrected chi connectivity index (χ0v) is 12.5.